The van der Waals surface area contributed by atoms with Crippen LogP contribution in [0, 0.1) is 0 Å². The Bertz CT molecular complexity index is 338. The molecule has 0 bridgehead atoms. The number of benzene rings is 1. The maximum absolute atomic E-state index is 9.20. The summed E-state index contributed by atoms with van der Waals surface area (Å²) in [6, 6.07) is 8.39. The molecule has 2 rings (SSSR count). The minimum Gasteiger partial charge on any atom is -0.394 e. The first-order valence-electron chi connectivity index (χ1n) is 5.28. The lowest BCUT2D eigenvalue weighted by atomic mass is 9.94. The SMILES string of the molecule is N[C@]1(CO)CC[C@H](c2ccc(Br)cc2)C1. The number of halogens is 1. The summed E-state index contributed by atoms with van der Waals surface area (Å²) in [4.78, 5) is 0. The highest BCUT2D eigenvalue weighted by Gasteiger charge is 2.35. The first kappa shape index (κ1) is 11.1. The lowest BCUT2D eigenvalue weighted by molar-refractivity contribution is 0.198. The average molecular weight is 270 g/mol. The Hall–Kier alpha value is -0.380. The van der Waals surface area contributed by atoms with Crippen LogP contribution in [0.1, 0.15) is 30.7 Å². The van der Waals surface area contributed by atoms with Crippen molar-refractivity contribution in [1.29, 1.82) is 0 Å². The second-order valence-corrected chi connectivity index (χ2v) is 5.43. The van der Waals surface area contributed by atoms with Crippen LogP contribution in [0.25, 0.3) is 0 Å². The highest BCUT2D eigenvalue weighted by atomic mass is 79.9. The van der Waals surface area contributed by atoms with Gasteiger partial charge in [-0.2, -0.15) is 0 Å². The van der Waals surface area contributed by atoms with Gasteiger partial charge in [0.15, 0.2) is 0 Å². The van der Waals surface area contributed by atoms with Crippen molar-refractivity contribution < 1.29 is 5.11 Å². The van der Waals surface area contributed by atoms with Crippen molar-refractivity contribution in [3.8, 4) is 0 Å². The second-order valence-electron chi connectivity index (χ2n) is 4.51. The smallest absolute Gasteiger partial charge is 0.0611 e. The van der Waals surface area contributed by atoms with E-state index < -0.39 is 0 Å². The van der Waals surface area contributed by atoms with Gasteiger partial charge in [-0.15, -0.1) is 0 Å². The van der Waals surface area contributed by atoms with Gasteiger partial charge in [0.2, 0.25) is 0 Å². The number of rotatable bonds is 2. The van der Waals surface area contributed by atoms with Gasteiger partial charge in [0, 0.05) is 10.0 Å². The molecule has 1 aromatic carbocycles. The zero-order valence-electron chi connectivity index (χ0n) is 8.62. The van der Waals surface area contributed by atoms with E-state index in [9.17, 15) is 5.11 Å². The molecule has 1 saturated carbocycles. The maximum Gasteiger partial charge on any atom is 0.0611 e. The molecule has 2 atom stereocenters. The molecule has 0 unspecified atom stereocenters. The fourth-order valence-corrected chi connectivity index (χ4v) is 2.58. The molecule has 82 valence electrons. The third-order valence-electron chi connectivity index (χ3n) is 3.30. The summed E-state index contributed by atoms with van der Waals surface area (Å²) in [5, 5.41) is 9.20. The summed E-state index contributed by atoms with van der Waals surface area (Å²) in [5.74, 6) is 0.509. The molecule has 0 amide bonds. The lowest BCUT2D eigenvalue weighted by Crippen LogP contribution is -2.40. The fraction of sp³-hybridized carbons (Fsp3) is 0.500. The molecule has 15 heavy (non-hydrogen) atoms. The second kappa shape index (κ2) is 4.24. The molecule has 1 aromatic rings. The van der Waals surface area contributed by atoms with E-state index in [0.717, 1.165) is 23.7 Å². The van der Waals surface area contributed by atoms with Crippen molar-refractivity contribution in [2.24, 2.45) is 5.73 Å². The summed E-state index contributed by atoms with van der Waals surface area (Å²) < 4.78 is 1.10. The summed E-state index contributed by atoms with van der Waals surface area (Å²) in [6.07, 6.45) is 2.90. The molecular weight excluding hydrogens is 254 g/mol. The molecule has 1 aliphatic carbocycles. The predicted octanol–water partition coefficient (Wildman–Crippen LogP) is 2.41. The van der Waals surface area contributed by atoms with E-state index in [-0.39, 0.29) is 12.1 Å². The van der Waals surface area contributed by atoms with E-state index >= 15 is 0 Å². The zero-order chi connectivity index (χ0) is 10.9. The standard InChI is InChI=1S/C12H16BrNO/c13-11-3-1-9(2-4-11)10-5-6-12(14,7-10)8-15/h1-4,10,15H,5-8,14H2/t10-,12+/m0/s1. The Morgan fingerprint density at radius 1 is 1.40 bits per heavy atom. The van der Waals surface area contributed by atoms with Gasteiger partial charge >= 0.3 is 0 Å². The molecule has 3 N–H and O–H groups in total. The minimum atomic E-state index is -0.349. The van der Waals surface area contributed by atoms with Gasteiger partial charge in [-0.1, -0.05) is 28.1 Å². The lowest BCUT2D eigenvalue weighted by Gasteiger charge is -2.20. The quantitative estimate of drug-likeness (QED) is 0.866. The van der Waals surface area contributed by atoms with Crippen molar-refractivity contribution in [1.82, 2.24) is 0 Å². The molecule has 3 heteroatoms. The highest BCUT2D eigenvalue weighted by Crippen LogP contribution is 2.39. The molecule has 1 fully saturated rings. The van der Waals surface area contributed by atoms with Gasteiger partial charge < -0.3 is 10.8 Å². The van der Waals surface area contributed by atoms with Gasteiger partial charge in [-0.05, 0) is 42.9 Å². The van der Waals surface area contributed by atoms with Crippen LogP contribution in [-0.4, -0.2) is 17.3 Å². The van der Waals surface area contributed by atoms with E-state index in [1.54, 1.807) is 0 Å². The fourth-order valence-electron chi connectivity index (χ4n) is 2.32. The molecule has 1 aliphatic rings. The van der Waals surface area contributed by atoms with Crippen LogP contribution in [-0.2, 0) is 0 Å². The monoisotopic (exact) mass is 269 g/mol. The Morgan fingerprint density at radius 3 is 2.60 bits per heavy atom. The van der Waals surface area contributed by atoms with Crippen LogP contribution in [0.5, 0.6) is 0 Å². The topological polar surface area (TPSA) is 46.2 Å². The molecule has 0 spiro atoms. The Morgan fingerprint density at radius 2 is 2.07 bits per heavy atom. The van der Waals surface area contributed by atoms with Crippen LogP contribution in [0.15, 0.2) is 28.7 Å². The Labute approximate surface area is 98.6 Å². The van der Waals surface area contributed by atoms with E-state index in [1.807, 2.05) is 0 Å². The summed E-state index contributed by atoms with van der Waals surface area (Å²) in [7, 11) is 0. The number of aliphatic hydroxyl groups excluding tert-OH is 1. The van der Waals surface area contributed by atoms with Crippen LogP contribution in [0.3, 0.4) is 0 Å². The zero-order valence-corrected chi connectivity index (χ0v) is 10.2. The highest BCUT2D eigenvalue weighted by molar-refractivity contribution is 9.10. The van der Waals surface area contributed by atoms with Gasteiger partial charge in [-0.25, -0.2) is 0 Å². The molecule has 0 aromatic heterocycles. The van der Waals surface area contributed by atoms with E-state index in [2.05, 4.69) is 40.2 Å². The third-order valence-corrected chi connectivity index (χ3v) is 3.83. The minimum absolute atomic E-state index is 0.0973. The molecule has 0 heterocycles. The van der Waals surface area contributed by atoms with Crippen LogP contribution in [0.4, 0.5) is 0 Å². The normalized spacial score (nSPS) is 30.7. The van der Waals surface area contributed by atoms with Crippen molar-refractivity contribution >= 4 is 15.9 Å². The van der Waals surface area contributed by atoms with E-state index in [4.69, 9.17) is 5.73 Å². The summed E-state index contributed by atoms with van der Waals surface area (Å²) >= 11 is 3.43. The van der Waals surface area contributed by atoms with Gasteiger partial charge in [0.1, 0.15) is 0 Å². The number of hydrogen-bond acceptors (Lipinski definition) is 2. The molecular formula is C12H16BrNO. The summed E-state index contributed by atoms with van der Waals surface area (Å²) in [5.41, 5.74) is 7.04. The van der Waals surface area contributed by atoms with E-state index in [1.165, 1.54) is 5.56 Å². The van der Waals surface area contributed by atoms with Crippen molar-refractivity contribution in [2.45, 2.75) is 30.7 Å². The number of hydrogen-bond donors (Lipinski definition) is 2. The molecule has 0 aliphatic heterocycles. The van der Waals surface area contributed by atoms with Crippen LogP contribution >= 0.6 is 15.9 Å². The Kier molecular flexibility index (Phi) is 3.14. The molecule has 0 radical (unpaired) electrons. The maximum atomic E-state index is 9.20. The van der Waals surface area contributed by atoms with Gasteiger partial charge in [0.05, 0.1) is 6.61 Å². The van der Waals surface area contributed by atoms with Crippen molar-refractivity contribution in [2.75, 3.05) is 6.61 Å². The first-order chi connectivity index (χ1) is 7.13. The number of nitrogens with two attached hydrogens (primary N) is 1. The van der Waals surface area contributed by atoms with Gasteiger partial charge in [-0.3, -0.25) is 0 Å². The largest absolute Gasteiger partial charge is 0.394 e. The Balaban J connectivity index is 2.11. The third kappa shape index (κ3) is 2.41. The predicted molar refractivity (Wildman–Crippen MR) is 64.7 cm³/mol. The van der Waals surface area contributed by atoms with Crippen LogP contribution < -0.4 is 5.73 Å². The van der Waals surface area contributed by atoms with Gasteiger partial charge in [0.25, 0.3) is 0 Å². The molecule has 2 nitrogen and oxygen atoms in total. The number of aliphatic hydroxyl groups is 1. The summed E-state index contributed by atoms with van der Waals surface area (Å²) in [6.45, 7) is 0.0973. The molecule has 0 saturated heterocycles. The van der Waals surface area contributed by atoms with Crippen molar-refractivity contribution in [3.63, 3.8) is 0 Å². The average Bonchev–Trinajstić information content (AvgIpc) is 2.63. The first-order valence-corrected chi connectivity index (χ1v) is 6.07. The van der Waals surface area contributed by atoms with Crippen molar-refractivity contribution in [3.05, 3.63) is 34.3 Å². The van der Waals surface area contributed by atoms with Crippen LogP contribution in [0.2, 0.25) is 0 Å². The van der Waals surface area contributed by atoms with E-state index in [0.29, 0.717) is 5.92 Å².